The first-order chi connectivity index (χ1) is 16.5. The lowest BCUT2D eigenvalue weighted by Crippen LogP contribution is -2.56. The number of alkyl halides is 3. The highest BCUT2D eigenvalue weighted by Gasteiger charge is 2.39. The van der Waals surface area contributed by atoms with E-state index >= 15 is 0 Å². The summed E-state index contributed by atoms with van der Waals surface area (Å²) in [6.07, 6.45) is -3.43. The van der Waals surface area contributed by atoms with E-state index < -0.39 is 30.0 Å². The van der Waals surface area contributed by atoms with Crippen molar-refractivity contribution in [2.75, 3.05) is 33.2 Å². The first-order valence-electron chi connectivity index (χ1n) is 11.3. The van der Waals surface area contributed by atoms with Crippen LogP contribution in [0.1, 0.15) is 35.3 Å². The molecule has 1 aromatic heterocycles. The number of carbonyl (C=O) groups excluding carboxylic acids is 2. The monoisotopic (exact) mass is 488 g/mol. The summed E-state index contributed by atoms with van der Waals surface area (Å²) in [6.45, 7) is 5.34. The maximum Gasteiger partial charge on any atom is 0.433 e. The third-order valence-corrected chi connectivity index (χ3v) is 6.21. The summed E-state index contributed by atoms with van der Waals surface area (Å²) in [5.41, 5.74) is 1.96. The van der Waals surface area contributed by atoms with Crippen LogP contribution in [0.15, 0.2) is 47.7 Å². The zero-order valence-corrected chi connectivity index (χ0v) is 19.7. The summed E-state index contributed by atoms with van der Waals surface area (Å²) in [5, 5.41) is 8.60. The second-order valence-corrected chi connectivity index (χ2v) is 8.92. The summed E-state index contributed by atoms with van der Waals surface area (Å²) in [7, 11) is 1.89. The Morgan fingerprint density at radius 3 is 2.46 bits per heavy atom. The minimum absolute atomic E-state index is 0.0324. The number of pyridine rings is 1. The van der Waals surface area contributed by atoms with Crippen LogP contribution in [0.5, 0.6) is 0 Å². The number of amides is 3. The lowest BCUT2D eigenvalue weighted by molar-refractivity contribution is -0.141. The van der Waals surface area contributed by atoms with Crippen molar-refractivity contribution in [1.29, 1.82) is 0 Å². The SMILES string of the molecule is Cc1ccc(C2=NN(C(=O)N[C@H](C)c3ccc(C(F)(F)F)nc3)C[C@H]2N2CCN(C)CC2=O)cc1. The number of hydrogen-bond donors (Lipinski definition) is 1. The fraction of sp³-hybridized carbons (Fsp3) is 0.417. The third-order valence-electron chi connectivity index (χ3n) is 6.21. The van der Waals surface area contributed by atoms with E-state index in [0.29, 0.717) is 30.9 Å². The van der Waals surface area contributed by atoms with E-state index in [9.17, 15) is 22.8 Å². The summed E-state index contributed by atoms with van der Waals surface area (Å²) < 4.78 is 38.4. The smallest absolute Gasteiger partial charge is 0.330 e. The topological polar surface area (TPSA) is 81.1 Å². The Morgan fingerprint density at radius 1 is 1.14 bits per heavy atom. The van der Waals surface area contributed by atoms with Gasteiger partial charge in [-0.15, -0.1) is 0 Å². The molecule has 0 radical (unpaired) electrons. The number of hydrazone groups is 1. The molecule has 4 rings (SSSR count). The number of halogens is 3. The first kappa shape index (κ1) is 24.6. The minimum Gasteiger partial charge on any atom is -0.330 e. The van der Waals surface area contributed by atoms with E-state index in [1.54, 1.807) is 11.8 Å². The molecule has 2 aromatic rings. The highest BCUT2D eigenvalue weighted by Crippen LogP contribution is 2.28. The molecule has 1 N–H and O–H groups in total. The van der Waals surface area contributed by atoms with Crippen LogP contribution in [0.2, 0.25) is 0 Å². The molecule has 0 spiro atoms. The molecular formula is C24H27F3N6O2. The van der Waals surface area contributed by atoms with E-state index in [0.717, 1.165) is 23.4 Å². The summed E-state index contributed by atoms with van der Waals surface area (Å²) in [4.78, 5) is 33.0. The number of urea groups is 1. The van der Waals surface area contributed by atoms with Gasteiger partial charge in [0, 0.05) is 19.3 Å². The van der Waals surface area contributed by atoms with Crippen LogP contribution in [0.4, 0.5) is 18.0 Å². The van der Waals surface area contributed by atoms with Crippen molar-refractivity contribution in [3.63, 3.8) is 0 Å². The molecule has 3 amide bonds. The average molecular weight is 489 g/mol. The van der Waals surface area contributed by atoms with Crippen molar-refractivity contribution >= 4 is 17.6 Å². The Bertz CT molecular complexity index is 1120. The van der Waals surface area contributed by atoms with Crippen LogP contribution < -0.4 is 5.32 Å². The van der Waals surface area contributed by atoms with E-state index in [2.05, 4.69) is 15.4 Å². The van der Waals surface area contributed by atoms with Gasteiger partial charge in [0.05, 0.1) is 30.9 Å². The van der Waals surface area contributed by atoms with Crippen LogP contribution in [0.3, 0.4) is 0 Å². The van der Waals surface area contributed by atoms with Gasteiger partial charge in [0.1, 0.15) is 5.69 Å². The van der Waals surface area contributed by atoms with Gasteiger partial charge in [0.25, 0.3) is 0 Å². The standard InChI is InChI=1S/C24H27F3N6O2/c1-15-4-6-17(7-5-15)22-19(32-11-10-31(3)14-21(32)34)13-33(30-22)23(35)29-16(2)18-8-9-20(28-12-18)24(25,26)27/h4-9,12,16,19H,10-11,13-14H2,1-3H3,(H,29,35)/t16-,19-/m1/s1. The average Bonchev–Trinajstić information content (AvgIpc) is 3.24. The Kier molecular flexibility index (Phi) is 6.79. The van der Waals surface area contributed by atoms with Crippen molar-refractivity contribution in [3.05, 3.63) is 65.0 Å². The van der Waals surface area contributed by atoms with Crippen molar-refractivity contribution in [1.82, 2.24) is 25.1 Å². The minimum atomic E-state index is -4.53. The number of aryl methyl sites for hydroxylation is 1. The van der Waals surface area contributed by atoms with Gasteiger partial charge in [0.2, 0.25) is 5.91 Å². The molecule has 0 unspecified atom stereocenters. The zero-order valence-electron chi connectivity index (χ0n) is 19.7. The van der Waals surface area contributed by atoms with Crippen LogP contribution in [-0.4, -0.2) is 76.7 Å². The van der Waals surface area contributed by atoms with Gasteiger partial charge in [-0.05, 0) is 38.1 Å². The van der Waals surface area contributed by atoms with Gasteiger partial charge in [-0.2, -0.15) is 18.3 Å². The van der Waals surface area contributed by atoms with E-state index in [4.69, 9.17) is 0 Å². The predicted molar refractivity (Wildman–Crippen MR) is 124 cm³/mol. The number of benzene rings is 1. The molecule has 1 fully saturated rings. The normalized spacial score (nSPS) is 20.1. The van der Waals surface area contributed by atoms with E-state index in [-0.39, 0.29) is 12.5 Å². The number of piperazine rings is 1. The summed E-state index contributed by atoms with van der Waals surface area (Å²) in [5.74, 6) is -0.0324. The second kappa shape index (κ2) is 9.65. The molecule has 35 heavy (non-hydrogen) atoms. The maximum absolute atomic E-state index is 13.0. The number of aromatic nitrogens is 1. The first-order valence-corrected chi connectivity index (χ1v) is 11.3. The quantitative estimate of drug-likeness (QED) is 0.718. The Labute approximate surface area is 201 Å². The Hall–Kier alpha value is -3.47. The van der Waals surface area contributed by atoms with Crippen LogP contribution in [-0.2, 0) is 11.0 Å². The fourth-order valence-electron chi connectivity index (χ4n) is 4.14. The van der Waals surface area contributed by atoms with Gasteiger partial charge >= 0.3 is 12.2 Å². The lowest BCUT2D eigenvalue weighted by Gasteiger charge is -2.36. The van der Waals surface area contributed by atoms with Gasteiger partial charge in [-0.25, -0.2) is 9.80 Å². The second-order valence-electron chi connectivity index (χ2n) is 8.92. The van der Waals surface area contributed by atoms with Crippen molar-refractivity contribution < 1.29 is 22.8 Å². The number of nitrogens with zero attached hydrogens (tertiary/aromatic N) is 5. The molecule has 2 atom stereocenters. The van der Waals surface area contributed by atoms with Gasteiger partial charge < -0.3 is 10.2 Å². The molecular weight excluding hydrogens is 461 g/mol. The van der Waals surface area contributed by atoms with E-state index in [1.807, 2.05) is 43.1 Å². The van der Waals surface area contributed by atoms with Crippen molar-refractivity contribution in [2.24, 2.45) is 5.10 Å². The highest BCUT2D eigenvalue weighted by molar-refractivity contribution is 6.08. The number of carbonyl (C=O) groups is 2. The molecule has 1 saturated heterocycles. The molecule has 0 bridgehead atoms. The van der Waals surface area contributed by atoms with E-state index in [1.165, 1.54) is 11.1 Å². The summed E-state index contributed by atoms with van der Waals surface area (Å²) >= 11 is 0. The molecule has 186 valence electrons. The number of nitrogens with one attached hydrogen (secondary N) is 1. The molecule has 3 heterocycles. The maximum atomic E-state index is 13.0. The molecule has 0 saturated carbocycles. The Balaban J connectivity index is 1.53. The van der Waals surface area contributed by atoms with Gasteiger partial charge in [-0.3, -0.25) is 14.7 Å². The van der Waals surface area contributed by atoms with Crippen LogP contribution in [0.25, 0.3) is 0 Å². The van der Waals surface area contributed by atoms with Crippen LogP contribution >= 0.6 is 0 Å². The molecule has 2 aliphatic rings. The third kappa shape index (κ3) is 5.45. The lowest BCUT2D eigenvalue weighted by atomic mass is 10.0. The predicted octanol–water partition coefficient (Wildman–Crippen LogP) is 3.04. The number of rotatable bonds is 4. The van der Waals surface area contributed by atoms with Gasteiger partial charge in [-0.1, -0.05) is 35.9 Å². The number of likely N-dealkylation sites (N-methyl/N-ethyl adjacent to an activating group) is 1. The molecule has 8 nitrogen and oxygen atoms in total. The number of hydrogen-bond acceptors (Lipinski definition) is 5. The van der Waals surface area contributed by atoms with Crippen molar-refractivity contribution in [3.8, 4) is 0 Å². The van der Waals surface area contributed by atoms with Crippen molar-refractivity contribution in [2.45, 2.75) is 32.1 Å². The summed E-state index contributed by atoms with van der Waals surface area (Å²) in [6, 6.07) is 8.40. The van der Waals surface area contributed by atoms with Gasteiger partial charge in [0.15, 0.2) is 0 Å². The zero-order chi connectivity index (χ0) is 25.3. The Morgan fingerprint density at radius 2 is 1.86 bits per heavy atom. The molecule has 1 aromatic carbocycles. The molecule has 2 aliphatic heterocycles. The van der Waals surface area contributed by atoms with Crippen LogP contribution in [0, 0.1) is 6.92 Å². The molecule has 0 aliphatic carbocycles. The molecule has 11 heteroatoms. The largest absolute Gasteiger partial charge is 0.433 e. The fourth-order valence-corrected chi connectivity index (χ4v) is 4.14. The highest BCUT2D eigenvalue weighted by atomic mass is 19.4.